The molecule has 4 nitrogen and oxygen atoms in total. The molecule has 2 saturated carbocycles. The number of nitrogens with one attached hydrogen (secondary N) is 2. The van der Waals surface area contributed by atoms with Crippen LogP contribution < -0.4 is 5.32 Å². The number of allylic oxidation sites excluding steroid dienone is 1. The van der Waals surface area contributed by atoms with Crippen LogP contribution in [0.25, 0.3) is 10.9 Å². The summed E-state index contributed by atoms with van der Waals surface area (Å²) in [5.41, 5.74) is 4.19. The van der Waals surface area contributed by atoms with Crippen LogP contribution in [0.15, 0.2) is 42.6 Å². The normalized spacial score (nSPS) is 34.1. The second kappa shape index (κ2) is 7.32. The second-order valence-electron chi connectivity index (χ2n) is 9.72. The third-order valence-corrected chi connectivity index (χ3v) is 7.93. The summed E-state index contributed by atoms with van der Waals surface area (Å²) in [6.07, 6.45) is 8.87. The number of hydrogen-bond acceptors (Lipinski definition) is 3. The summed E-state index contributed by atoms with van der Waals surface area (Å²) in [6.45, 7) is 8.37. The van der Waals surface area contributed by atoms with E-state index in [1.54, 1.807) is 0 Å². The largest absolute Gasteiger partial charge is 0.462 e. The van der Waals surface area contributed by atoms with Crippen molar-refractivity contribution in [1.82, 2.24) is 10.3 Å². The summed E-state index contributed by atoms with van der Waals surface area (Å²) < 4.78 is 5.87. The Morgan fingerprint density at radius 3 is 3.10 bits per heavy atom. The highest BCUT2D eigenvalue weighted by Crippen LogP contribution is 2.56. The first kappa shape index (κ1) is 18.9. The van der Waals surface area contributed by atoms with Gasteiger partial charge in [-0.25, -0.2) is 0 Å². The van der Waals surface area contributed by atoms with Gasteiger partial charge in [0, 0.05) is 29.6 Å². The summed E-state index contributed by atoms with van der Waals surface area (Å²) in [5, 5.41) is 4.84. The van der Waals surface area contributed by atoms with E-state index in [1.807, 2.05) is 0 Å². The molecule has 0 amide bonds. The van der Waals surface area contributed by atoms with Crippen molar-refractivity contribution < 1.29 is 9.53 Å². The van der Waals surface area contributed by atoms with Gasteiger partial charge in [-0.1, -0.05) is 37.3 Å². The van der Waals surface area contributed by atoms with Gasteiger partial charge in [0.2, 0.25) is 0 Å². The number of para-hydroxylation sites is 1. The minimum absolute atomic E-state index is 0.00690. The molecule has 4 heteroatoms. The smallest absolute Gasteiger partial charge is 0.310 e. The lowest BCUT2D eigenvalue weighted by Gasteiger charge is -2.50. The number of rotatable bonds is 5. The minimum Gasteiger partial charge on any atom is -0.462 e. The van der Waals surface area contributed by atoms with Gasteiger partial charge in [0.1, 0.15) is 6.10 Å². The Kier molecular flexibility index (Phi) is 4.78. The van der Waals surface area contributed by atoms with Crippen molar-refractivity contribution in [3.63, 3.8) is 0 Å². The topological polar surface area (TPSA) is 54.1 Å². The zero-order chi connectivity index (χ0) is 20.0. The van der Waals surface area contributed by atoms with Crippen LogP contribution in [0.4, 0.5) is 0 Å². The number of aromatic amines is 1. The van der Waals surface area contributed by atoms with E-state index in [0.717, 1.165) is 38.8 Å². The predicted molar refractivity (Wildman–Crippen MR) is 116 cm³/mol. The lowest BCUT2D eigenvalue weighted by molar-refractivity contribution is -0.146. The van der Waals surface area contributed by atoms with Crippen LogP contribution in [0.1, 0.15) is 44.6 Å². The van der Waals surface area contributed by atoms with Crippen LogP contribution in [-0.4, -0.2) is 30.1 Å². The Bertz CT molecular complexity index is 932. The molecule has 154 valence electrons. The van der Waals surface area contributed by atoms with E-state index in [1.165, 1.54) is 34.9 Å². The van der Waals surface area contributed by atoms with Crippen molar-refractivity contribution in [2.75, 3.05) is 13.1 Å². The molecule has 2 aromatic rings. The molecule has 5 atom stereocenters. The number of ether oxygens (including phenoxy) is 1. The van der Waals surface area contributed by atoms with Gasteiger partial charge < -0.3 is 15.0 Å². The standard InChI is InChI=1S/C25H32N2O2/c1-16-6-5-10-25(2)13-23-19(12-21(16)25)20(24(28)29-23)15-26-11-9-17-14-27-22-8-4-3-7-18(17)22/h3-4,7-8,14,19-21,23,26-27H,1,5-6,9-13,15H2,2H3/t19-,20-,21+,23-,25-/m1/s1. The molecule has 0 bridgehead atoms. The number of fused-ring (bicyclic) bond motifs is 3. The van der Waals surface area contributed by atoms with Crippen molar-refractivity contribution in [3.05, 3.63) is 48.2 Å². The molecule has 0 spiro atoms. The molecule has 2 heterocycles. The Morgan fingerprint density at radius 2 is 2.21 bits per heavy atom. The van der Waals surface area contributed by atoms with E-state index in [-0.39, 0.29) is 23.4 Å². The Hall–Kier alpha value is -2.07. The fourth-order valence-electron chi connectivity index (χ4n) is 6.31. The van der Waals surface area contributed by atoms with Crippen LogP contribution in [-0.2, 0) is 16.0 Å². The number of hydrogen-bond donors (Lipinski definition) is 2. The van der Waals surface area contributed by atoms with Crippen LogP contribution >= 0.6 is 0 Å². The lowest BCUT2D eigenvalue weighted by Crippen LogP contribution is -2.45. The first-order valence-electron chi connectivity index (χ1n) is 11.2. The summed E-state index contributed by atoms with van der Waals surface area (Å²) in [4.78, 5) is 16.0. The maximum Gasteiger partial charge on any atom is 0.310 e. The molecule has 0 radical (unpaired) electrons. The van der Waals surface area contributed by atoms with Crippen molar-refractivity contribution in [1.29, 1.82) is 0 Å². The van der Waals surface area contributed by atoms with E-state index in [4.69, 9.17) is 4.74 Å². The van der Waals surface area contributed by atoms with E-state index in [9.17, 15) is 4.79 Å². The van der Waals surface area contributed by atoms with Gasteiger partial charge in [-0.2, -0.15) is 0 Å². The number of H-pyrrole nitrogens is 1. The number of carbonyl (C=O) groups is 1. The van der Waals surface area contributed by atoms with Gasteiger partial charge in [0.25, 0.3) is 0 Å². The van der Waals surface area contributed by atoms with Gasteiger partial charge in [0.05, 0.1) is 5.92 Å². The first-order chi connectivity index (χ1) is 14.0. The maximum absolute atomic E-state index is 12.6. The lowest BCUT2D eigenvalue weighted by atomic mass is 9.55. The van der Waals surface area contributed by atoms with Crippen LogP contribution in [0.3, 0.4) is 0 Å². The third-order valence-electron chi connectivity index (χ3n) is 7.93. The van der Waals surface area contributed by atoms with E-state index in [2.05, 4.69) is 54.3 Å². The molecule has 2 N–H and O–H groups in total. The second-order valence-corrected chi connectivity index (χ2v) is 9.72. The fraction of sp³-hybridized carbons (Fsp3) is 0.560. The molecular formula is C25H32N2O2. The molecule has 5 rings (SSSR count). The molecule has 1 aliphatic heterocycles. The van der Waals surface area contributed by atoms with Gasteiger partial charge in [-0.05, 0) is 68.0 Å². The maximum atomic E-state index is 12.6. The molecule has 3 aliphatic rings. The molecular weight excluding hydrogens is 360 g/mol. The van der Waals surface area contributed by atoms with E-state index in [0.29, 0.717) is 11.8 Å². The number of aromatic nitrogens is 1. The Labute approximate surface area is 173 Å². The van der Waals surface area contributed by atoms with Gasteiger partial charge in [0.15, 0.2) is 0 Å². The SMILES string of the molecule is C=C1CCC[C@]2(C)C[C@H]3OC(=O)[C@H](CNCCc4c[nH]c5ccccc45)[C@H]3C[C@@H]12. The summed E-state index contributed by atoms with van der Waals surface area (Å²) in [7, 11) is 0. The minimum atomic E-state index is -0.0118. The highest BCUT2D eigenvalue weighted by Gasteiger charge is 2.54. The molecule has 1 aromatic heterocycles. The van der Waals surface area contributed by atoms with E-state index < -0.39 is 0 Å². The highest BCUT2D eigenvalue weighted by atomic mass is 16.6. The van der Waals surface area contributed by atoms with Crippen molar-refractivity contribution in [3.8, 4) is 0 Å². The molecule has 1 aromatic carbocycles. The summed E-state index contributed by atoms with van der Waals surface area (Å²) in [6, 6.07) is 8.41. The molecule has 1 saturated heterocycles. The van der Waals surface area contributed by atoms with Crippen LogP contribution in [0.5, 0.6) is 0 Å². The van der Waals surface area contributed by atoms with Gasteiger partial charge in [-0.3, -0.25) is 4.79 Å². The number of esters is 1. The van der Waals surface area contributed by atoms with Crippen molar-refractivity contribution >= 4 is 16.9 Å². The third kappa shape index (κ3) is 3.31. The average Bonchev–Trinajstić information content (AvgIpc) is 3.24. The highest BCUT2D eigenvalue weighted by molar-refractivity contribution is 5.83. The number of carbonyl (C=O) groups excluding carboxylic acids is 1. The molecule has 2 aliphatic carbocycles. The van der Waals surface area contributed by atoms with Crippen molar-refractivity contribution in [2.45, 2.75) is 51.6 Å². The van der Waals surface area contributed by atoms with Crippen LogP contribution in [0, 0.1) is 23.2 Å². The first-order valence-corrected chi connectivity index (χ1v) is 11.2. The number of benzene rings is 1. The summed E-state index contributed by atoms with van der Waals surface area (Å²) >= 11 is 0. The quantitative estimate of drug-likeness (QED) is 0.444. The fourth-order valence-corrected chi connectivity index (χ4v) is 6.31. The molecule has 3 fully saturated rings. The molecule has 0 unspecified atom stereocenters. The summed E-state index contributed by atoms with van der Waals surface area (Å²) in [5.74, 6) is 0.895. The average molecular weight is 393 g/mol. The zero-order valence-corrected chi connectivity index (χ0v) is 17.4. The zero-order valence-electron chi connectivity index (χ0n) is 17.4. The Morgan fingerprint density at radius 1 is 1.34 bits per heavy atom. The van der Waals surface area contributed by atoms with E-state index >= 15 is 0 Å². The van der Waals surface area contributed by atoms with Gasteiger partial charge in [-0.15, -0.1) is 0 Å². The van der Waals surface area contributed by atoms with Gasteiger partial charge >= 0.3 is 5.97 Å². The Balaban J connectivity index is 1.20. The van der Waals surface area contributed by atoms with Crippen molar-refractivity contribution in [2.24, 2.45) is 23.2 Å². The molecule has 29 heavy (non-hydrogen) atoms. The predicted octanol–water partition coefficient (Wildman–Crippen LogP) is 4.61. The van der Waals surface area contributed by atoms with Crippen LogP contribution in [0.2, 0.25) is 0 Å². The monoisotopic (exact) mass is 392 g/mol.